The molecule has 4 aromatic rings. The second kappa shape index (κ2) is 10.9. The van der Waals surface area contributed by atoms with Crippen LogP contribution in [0.1, 0.15) is 39.1 Å². The smallest absolute Gasteiger partial charge is 0.310 e. The molecule has 4 atom stereocenters. The molecule has 7 rings (SSSR count). The minimum atomic E-state index is -1.06. The highest BCUT2D eigenvalue weighted by atomic mass is 19.2. The molecule has 12 nitrogen and oxygen atoms in total. The Labute approximate surface area is 254 Å². The number of carbonyl (C=O) groups is 2. The number of esters is 1. The number of hydrogen-bond donors (Lipinski definition) is 1. The van der Waals surface area contributed by atoms with E-state index in [0.717, 1.165) is 16.8 Å². The number of nitrogens with one attached hydrogen (secondary N) is 1. The fourth-order valence-corrected chi connectivity index (χ4v) is 6.37. The van der Waals surface area contributed by atoms with E-state index in [2.05, 4.69) is 15.6 Å². The quantitative estimate of drug-likeness (QED) is 0.305. The number of aromatic nitrogens is 3. The standard InChI is InChI=1S/C31H26F2N4O8/c1-40-24-6-14(7-25(41-2)29(24)42-3)26-16-9-22-23(45-13-44-22)10-17(16)28(18-12-43-31(39)27(18)26)34-30(38)21-11-37(36-35-21)15-4-5-19(32)20(33)8-15/h4-11,18,26-28H,12-13H2,1-3H3,(H,34,38)/t18-,26+,27-,28+/m0/s1. The molecule has 1 saturated heterocycles. The van der Waals surface area contributed by atoms with Gasteiger partial charge in [-0.1, -0.05) is 5.21 Å². The fraction of sp³-hybridized carbons (Fsp3) is 0.290. The second-order valence-electron chi connectivity index (χ2n) is 10.7. The fourth-order valence-electron chi connectivity index (χ4n) is 6.37. The van der Waals surface area contributed by atoms with Gasteiger partial charge in [-0.05, 0) is 53.1 Å². The average Bonchev–Trinajstić information content (AvgIpc) is 3.81. The van der Waals surface area contributed by atoms with E-state index in [9.17, 15) is 18.4 Å². The van der Waals surface area contributed by atoms with Gasteiger partial charge >= 0.3 is 5.97 Å². The lowest BCUT2D eigenvalue weighted by molar-refractivity contribution is -0.141. The van der Waals surface area contributed by atoms with Crippen LogP contribution in [0.2, 0.25) is 0 Å². The van der Waals surface area contributed by atoms with Gasteiger partial charge in [0.25, 0.3) is 5.91 Å². The maximum atomic E-state index is 13.8. The Hall–Kier alpha value is -5.40. The van der Waals surface area contributed by atoms with Gasteiger partial charge in [-0.3, -0.25) is 9.59 Å². The van der Waals surface area contributed by atoms with Crippen molar-refractivity contribution >= 4 is 11.9 Å². The van der Waals surface area contributed by atoms with E-state index in [-0.39, 0.29) is 24.8 Å². The third-order valence-electron chi connectivity index (χ3n) is 8.41. The van der Waals surface area contributed by atoms with E-state index in [1.165, 1.54) is 33.6 Å². The number of halogens is 2. The van der Waals surface area contributed by atoms with Gasteiger partial charge in [0.05, 0.1) is 51.8 Å². The lowest BCUT2D eigenvalue weighted by Gasteiger charge is -2.39. The summed E-state index contributed by atoms with van der Waals surface area (Å²) >= 11 is 0. The molecule has 0 radical (unpaired) electrons. The van der Waals surface area contributed by atoms with Crippen LogP contribution < -0.4 is 29.0 Å². The highest BCUT2D eigenvalue weighted by Gasteiger charge is 2.53. The number of ether oxygens (including phenoxy) is 6. The summed E-state index contributed by atoms with van der Waals surface area (Å²) in [7, 11) is 4.52. The number of benzene rings is 3. The number of amides is 1. The van der Waals surface area contributed by atoms with Crippen LogP contribution in [0.25, 0.3) is 5.69 Å². The predicted octanol–water partition coefficient (Wildman–Crippen LogP) is 3.71. The first-order chi connectivity index (χ1) is 21.8. The van der Waals surface area contributed by atoms with Gasteiger partial charge < -0.3 is 33.7 Å². The normalized spacial score (nSPS) is 21.0. The molecule has 0 saturated carbocycles. The SMILES string of the molecule is COc1cc([C@@H]2c3cc4c(cc3[C@@H](NC(=O)c3cn(-c5ccc(F)c(F)c5)nn3)[C@H]3COC(=O)[C@H]23)OCO4)cc(OC)c1OC. The van der Waals surface area contributed by atoms with Crippen molar-refractivity contribution in [2.24, 2.45) is 11.8 Å². The highest BCUT2D eigenvalue weighted by Crippen LogP contribution is 2.55. The molecule has 3 aliphatic rings. The summed E-state index contributed by atoms with van der Waals surface area (Å²) in [6.45, 7) is 0.0664. The first-order valence-electron chi connectivity index (χ1n) is 13.9. The Balaban J connectivity index is 1.31. The van der Waals surface area contributed by atoms with Crippen molar-refractivity contribution in [3.63, 3.8) is 0 Å². The molecule has 14 heteroatoms. The lowest BCUT2D eigenvalue weighted by Crippen LogP contribution is -2.43. The number of nitrogens with zero attached hydrogens (tertiary/aromatic N) is 3. The summed E-state index contributed by atoms with van der Waals surface area (Å²) in [5.74, 6) is -2.61. The number of cyclic esters (lactones) is 1. The number of hydrogen-bond acceptors (Lipinski definition) is 10. The molecule has 1 aliphatic carbocycles. The Kier molecular flexibility index (Phi) is 6.90. The zero-order valence-electron chi connectivity index (χ0n) is 24.2. The molecule has 0 unspecified atom stereocenters. The van der Waals surface area contributed by atoms with Gasteiger partial charge in [-0.2, -0.15) is 0 Å². The molecule has 0 bridgehead atoms. The summed E-state index contributed by atoms with van der Waals surface area (Å²) in [6, 6.07) is 9.70. The van der Waals surface area contributed by atoms with Crippen LogP contribution in [0.5, 0.6) is 28.7 Å². The maximum Gasteiger partial charge on any atom is 0.310 e. The van der Waals surface area contributed by atoms with Crippen molar-refractivity contribution in [3.8, 4) is 34.4 Å². The van der Waals surface area contributed by atoms with Gasteiger partial charge in [-0.15, -0.1) is 5.10 Å². The van der Waals surface area contributed by atoms with Gasteiger partial charge in [0, 0.05) is 17.9 Å². The predicted molar refractivity (Wildman–Crippen MR) is 150 cm³/mol. The number of carbonyl (C=O) groups excluding carboxylic acids is 2. The van der Waals surface area contributed by atoms with E-state index < -0.39 is 47.3 Å². The molecule has 1 aromatic heterocycles. The number of methoxy groups -OCH3 is 3. The molecule has 1 amide bonds. The van der Waals surface area contributed by atoms with Crippen molar-refractivity contribution in [2.75, 3.05) is 34.7 Å². The zero-order chi connectivity index (χ0) is 31.4. The van der Waals surface area contributed by atoms with Crippen LogP contribution in [-0.4, -0.2) is 61.6 Å². The maximum absolute atomic E-state index is 13.8. The van der Waals surface area contributed by atoms with Crippen LogP contribution in [0.4, 0.5) is 8.78 Å². The average molecular weight is 621 g/mol. The topological polar surface area (TPSA) is 132 Å². The number of rotatable bonds is 7. The molecular weight excluding hydrogens is 594 g/mol. The lowest BCUT2D eigenvalue weighted by atomic mass is 9.65. The third-order valence-corrected chi connectivity index (χ3v) is 8.41. The zero-order valence-corrected chi connectivity index (χ0v) is 24.2. The van der Waals surface area contributed by atoms with Crippen LogP contribution in [0.3, 0.4) is 0 Å². The summed E-state index contributed by atoms with van der Waals surface area (Å²) in [5, 5.41) is 10.9. The van der Waals surface area contributed by atoms with Gasteiger partial charge in [0.2, 0.25) is 12.5 Å². The summed E-state index contributed by atoms with van der Waals surface area (Å²) in [5.41, 5.74) is 2.22. The van der Waals surface area contributed by atoms with Crippen molar-refractivity contribution in [2.45, 2.75) is 12.0 Å². The van der Waals surface area contributed by atoms with Crippen LogP contribution in [-0.2, 0) is 9.53 Å². The largest absolute Gasteiger partial charge is 0.493 e. The minimum Gasteiger partial charge on any atom is -0.493 e. The summed E-state index contributed by atoms with van der Waals surface area (Å²) in [4.78, 5) is 27.0. The third kappa shape index (κ3) is 4.64. The molecule has 232 valence electrons. The molecular formula is C31H26F2N4O8. The van der Waals surface area contributed by atoms with Crippen LogP contribution in [0, 0.1) is 23.5 Å². The van der Waals surface area contributed by atoms with Crippen molar-refractivity contribution in [3.05, 3.63) is 82.7 Å². The van der Waals surface area contributed by atoms with E-state index in [1.54, 1.807) is 18.2 Å². The van der Waals surface area contributed by atoms with Crippen LogP contribution in [0.15, 0.2) is 48.7 Å². The summed E-state index contributed by atoms with van der Waals surface area (Å²) in [6.07, 6.45) is 1.30. The van der Waals surface area contributed by atoms with Crippen molar-refractivity contribution in [1.82, 2.24) is 20.3 Å². The first kappa shape index (κ1) is 28.4. The molecule has 0 spiro atoms. The Morgan fingerprint density at radius 3 is 2.31 bits per heavy atom. The molecule has 45 heavy (non-hydrogen) atoms. The monoisotopic (exact) mass is 620 g/mol. The van der Waals surface area contributed by atoms with Crippen LogP contribution >= 0.6 is 0 Å². The Bertz CT molecular complexity index is 1820. The van der Waals surface area contributed by atoms with E-state index in [1.807, 2.05) is 6.07 Å². The molecule has 1 fully saturated rings. The van der Waals surface area contributed by atoms with Gasteiger partial charge in [0.1, 0.15) is 0 Å². The van der Waals surface area contributed by atoms with E-state index in [4.69, 9.17) is 28.4 Å². The van der Waals surface area contributed by atoms with Gasteiger partial charge in [0.15, 0.2) is 40.3 Å². The Morgan fingerprint density at radius 2 is 1.64 bits per heavy atom. The van der Waals surface area contributed by atoms with Crippen molar-refractivity contribution < 1.29 is 46.8 Å². The van der Waals surface area contributed by atoms with Gasteiger partial charge in [-0.25, -0.2) is 13.5 Å². The van der Waals surface area contributed by atoms with E-state index >= 15 is 0 Å². The first-order valence-corrected chi connectivity index (χ1v) is 13.9. The molecule has 2 aliphatic heterocycles. The van der Waals surface area contributed by atoms with Crippen molar-refractivity contribution in [1.29, 1.82) is 0 Å². The van der Waals surface area contributed by atoms with E-state index in [0.29, 0.717) is 45.4 Å². The molecule has 1 N–H and O–H groups in total. The summed E-state index contributed by atoms with van der Waals surface area (Å²) < 4.78 is 62.1. The molecule has 3 heterocycles. The highest BCUT2D eigenvalue weighted by molar-refractivity contribution is 5.92. The number of fused-ring (bicyclic) bond motifs is 3. The molecule has 3 aromatic carbocycles. The Morgan fingerprint density at radius 1 is 0.933 bits per heavy atom. The minimum absolute atomic E-state index is 0.0199. The second-order valence-corrected chi connectivity index (χ2v) is 10.7.